The molecule has 0 N–H and O–H groups in total. The summed E-state index contributed by atoms with van der Waals surface area (Å²) >= 11 is 0. The van der Waals surface area contributed by atoms with Gasteiger partial charge in [-0.2, -0.15) is 13.2 Å². The number of para-hydroxylation sites is 2. The first-order valence-corrected chi connectivity index (χ1v) is 9.99. The van der Waals surface area contributed by atoms with E-state index in [-0.39, 0.29) is 18.0 Å². The van der Waals surface area contributed by atoms with E-state index in [1.807, 2.05) is 0 Å². The van der Waals surface area contributed by atoms with Crippen LogP contribution in [0.4, 0.5) is 23.2 Å². The molecule has 2 amide bonds. The molecule has 0 aromatic heterocycles. The fraction of sp³-hybridized carbons (Fsp3) is 0.364. The molecule has 2 aliphatic rings. The predicted octanol–water partition coefficient (Wildman–Crippen LogP) is 4.26. The third kappa shape index (κ3) is 4.22. The Balaban J connectivity index is 1.64. The van der Waals surface area contributed by atoms with Crippen LogP contribution in [0.2, 0.25) is 0 Å². The highest BCUT2D eigenvalue weighted by atomic mass is 19.4. The van der Waals surface area contributed by atoms with Gasteiger partial charge in [0.25, 0.3) is 11.8 Å². The number of nitrogens with zero attached hydrogens (tertiary/aromatic N) is 2. The average Bonchev–Trinajstić information content (AvgIpc) is 2.77. The Hall–Kier alpha value is -3.10. The fourth-order valence-corrected chi connectivity index (χ4v) is 3.91. The van der Waals surface area contributed by atoms with Crippen molar-refractivity contribution in [3.8, 4) is 5.75 Å². The third-order valence-corrected chi connectivity index (χ3v) is 5.48. The van der Waals surface area contributed by atoms with Crippen LogP contribution in [0.25, 0.3) is 0 Å². The van der Waals surface area contributed by atoms with Crippen LogP contribution in [-0.2, 0) is 11.0 Å². The number of benzene rings is 2. The summed E-state index contributed by atoms with van der Waals surface area (Å²) in [4.78, 5) is 29.0. The van der Waals surface area contributed by atoms with Gasteiger partial charge in [0.05, 0.1) is 17.8 Å². The second kappa shape index (κ2) is 8.20. The Labute approximate surface area is 176 Å². The number of hydrogen-bond donors (Lipinski definition) is 0. The van der Waals surface area contributed by atoms with E-state index in [4.69, 9.17) is 4.74 Å². The maximum Gasteiger partial charge on any atom is 0.419 e. The summed E-state index contributed by atoms with van der Waals surface area (Å²) in [5, 5.41) is 0. The first-order chi connectivity index (χ1) is 14.8. The SMILES string of the molecule is O=C(C1CN(C(=O)c2ccc(C(F)(F)F)c(F)c2)c2ccccc2O1)N1CCCCC1. The summed E-state index contributed by atoms with van der Waals surface area (Å²) in [7, 11) is 0. The van der Waals surface area contributed by atoms with Gasteiger partial charge >= 0.3 is 6.18 Å². The number of alkyl halides is 3. The van der Waals surface area contributed by atoms with Crippen molar-refractivity contribution in [2.45, 2.75) is 31.5 Å². The van der Waals surface area contributed by atoms with Gasteiger partial charge in [0, 0.05) is 18.7 Å². The summed E-state index contributed by atoms with van der Waals surface area (Å²) in [6.45, 7) is 1.10. The molecular weight excluding hydrogens is 416 g/mol. The molecule has 1 unspecified atom stereocenters. The highest BCUT2D eigenvalue weighted by Crippen LogP contribution is 2.36. The van der Waals surface area contributed by atoms with E-state index in [1.54, 1.807) is 29.2 Å². The first kappa shape index (κ1) is 21.1. The van der Waals surface area contributed by atoms with E-state index in [0.717, 1.165) is 25.3 Å². The Morgan fingerprint density at radius 3 is 2.39 bits per heavy atom. The molecule has 2 heterocycles. The van der Waals surface area contributed by atoms with Crippen LogP contribution in [-0.4, -0.2) is 42.5 Å². The number of piperidine rings is 1. The van der Waals surface area contributed by atoms with Crippen LogP contribution in [0, 0.1) is 5.82 Å². The fourth-order valence-electron chi connectivity index (χ4n) is 3.91. The summed E-state index contributed by atoms with van der Waals surface area (Å²) < 4.78 is 58.5. The number of halogens is 4. The zero-order chi connectivity index (χ0) is 22.2. The summed E-state index contributed by atoms with van der Waals surface area (Å²) in [6.07, 6.45) is -2.98. The molecule has 31 heavy (non-hydrogen) atoms. The number of fused-ring (bicyclic) bond motifs is 1. The molecule has 0 radical (unpaired) electrons. The Bertz CT molecular complexity index is 1000. The zero-order valence-corrected chi connectivity index (χ0v) is 16.5. The Morgan fingerprint density at radius 2 is 1.71 bits per heavy atom. The van der Waals surface area contributed by atoms with Crippen molar-refractivity contribution in [1.82, 2.24) is 4.90 Å². The molecule has 4 rings (SSSR count). The molecule has 0 bridgehead atoms. The summed E-state index contributed by atoms with van der Waals surface area (Å²) in [5.41, 5.74) is -1.31. The average molecular weight is 436 g/mol. The molecule has 0 spiro atoms. The normalized spacial score (nSPS) is 18.9. The van der Waals surface area contributed by atoms with Crippen molar-refractivity contribution in [3.63, 3.8) is 0 Å². The lowest BCUT2D eigenvalue weighted by molar-refractivity contribution is -0.140. The first-order valence-electron chi connectivity index (χ1n) is 9.99. The quantitative estimate of drug-likeness (QED) is 0.661. The van der Waals surface area contributed by atoms with Crippen molar-refractivity contribution in [2.75, 3.05) is 24.5 Å². The van der Waals surface area contributed by atoms with Crippen molar-refractivity contribution in [3.05, 3.63) is 59.4 Å². The number of rotatable bonds is 2. The highest BCUT2D eigenvalue weighted by Gasteiger charge is 2.38. The smallest absolute Gasteiger partial charge is 0.419 e. The van der Waals surface area contributed by atoms with Gasteiger partial charge in [-0.05, 0) is 49.6 Å². The molecule has 2 aromatic rings. The third-order valence-electron chi connectivity index (χ3n) is 5.48. The number of carbonyl (C=O) groups is 2. The second-order valence-electron chi connectivity index (χ2n) is 7.57. The molecule has 5 nitrogen and oxygen atoms in total. The number of anilines is 1. The standard InChI is InChI=1S/C22H20F4N2O3/c23-16-12-14(8-9-15(16)22(24,25)26)20(29)28-13-19(21(30)27-10-4-1-5-11-27)31-18-7-3-2-6-17(18)28/h2-3,6-9,12,19H,1,4-5,10-11,13H2. The molecule has 1 fully saturated rings. The minimum Gasteiger partial charge on any atom is -0.476 e. The Morgan fingerprint density at radius 1 is 1.00 bits per heavy atom. The number of amides is 2. The van der Waals surface area contributed by atoms with Crippen molar-refractivity contribution in [1.29, 1.82) is 0 Å². The lowest BCUT2D eigenvalue weighted by Crippen LogP contribution is -2.52. The molecular formula is C22H20F4N2O3. The zero-order valence-electron chi connectivity index (χ0n) is 16.5. The maximum absolute atomic E-state index is 14.0. The molecule has 164 valence electrons. The van der Waals surface area contributed by atoms with E-state index < -0.39 is 29.6 Å². The molecule has 1 saturated heterocycles. The van der Waals surface area contributed by atoms with Gasteiger partial charge in [-0.15, -0.1) is 0 Å². The lowest BCUT2D eigenvalue weighted by Gasteiger charge is -2.37. The van der Waals surface area contributed by atoms with Gasteiger partial charge in [0.15, 0.2) is 6.10 Å². The highest BCUT2D eigenvalue weighted by molar-refractivity contribution is 6.08. The van der Waals surface area contributed by atoms with Gasteiger partial charge in [0.2, 0.25) is 0 Å². The van der Waals surface area contributed by atoms with E-state index in [9.17, 15) is 27.2 Å². The second-order valence-corrected chi connectivity index (χ2v) is 7.57. The molecule has 2 aromatic carbocycles. The number of likely N-dealkylation sites (tertiary alicyclic amines) is 1. The summed E-state index contributed by atoms with van der Waals surface area (Å²) in [6, 6.07) is 8.63. The maximum atomic E-state index is 14.0. The number of carbonyl (C=O) groups excluding carboxylic acids is 2. The van der Waals surface area contributed by atoms with Crippen LogP contribution in [0.1, 0.15) is 35.2 Å². The minimum absolute atomic E-state index is 0.117. The van der Waals surface area contributed by atoms with Crippen molar-refractivity contribution in [2.24, 2.45) is 0 Å². The lowest BCUT2D eigenvalue weighted by atomic mass is 10.1. The largest absolute Gasteiger partial charge is 0.476 e. The van der Waals surface area contributed by atoms with Crippen LogP contribution < -0.4 is 9.64 Å². The number of ether oxygens (including phenoxy) is 1. The number of hydrogen-bond acceptors (Lipinski definition) is 3. The van der Waals surface area contributed by atoms with Crippen LogP contribution in [0.15, 0.2) is 42.5 Å². The van der Waals surface area contributed by atoms with E-state index in [0.29, 0.717) is 36.7 Å². The topological polar surface area (TPSA) is 49.9 Å². The molecule has 0 saturated carbocycles. The molecule has 0 aliphatic carbocycles. The van der Waals surface area contributed by atoms with Crippen molar-refractivity contribution < 1.29 is 31.9 Å². The van der Waals surface area contributed by atoms with Gasteiger partial charge in [-0.1, -0.05) is 12.1 Å². The van der Waals surface area contributed by atoms with E-state index in [2.05, 4.69) is 0 Å². The molecule has 9 heteroatoms. The Kier molecular flexibility index (Phi) is 5.60. The van der Waals surface area contributed by atoms with Crippen LogP contribution >= 0.6 is 0 Å². The molecule has 1 atom stereocenters. The van der Waals surface area contributed by atoms with Crippen molar-refractivity contribution >= 4 is 17.5 Å². The monoisotopic (exact) mass is 436 g/mol. The van der Waals surface area contributed by atoms with Crippen LogP contribution in [0.3, 0.4) is 0 Å². The summed E-state index contributed by atoms with van der Waals surface area (Å²) in [5.74, 6) is -2.17. The van der Waals surface area contributed by atoms with Gasteiger partial charge in [-0.3, -0.25) is 9.59 Å². The van der Waals surface area contributed by atoms with Gasteiger partial charge in [0.1, 0.15) is 11.6 Å². The minimum atomic E-state index is -4.86. The van der Waals surface area contributed by atoms with E-state index >= 15 is 0 Å². The van der Waals surface area contributed by atoms with Crippen LogP contribution in [0.5, 0.6) is 5.75 Å². The van der Waals surface area contributed by atoms with E-state index in [1.165, 1.54) is 4.90 Å². The molecule has 2 aliphatic heterocycles. The predicted molar refractivity (Wildman–Crippen MR) is 104 cm³/mol. The van der Waals surface area contributed by atoms with Gasteiger partial charge < -0.3 is 14.5 Å². The van der Waals surface area contributed by atoms with Gasteiger partial charge in [-0.25, -0.2) is 4.39 Å².